The molecule has 0 radical (unpaired) electrons. The first-order valence-electron chi connectivity index (χ1n) is 13.3. The molecule has 1 N–H and O–H groups in total. The Kier molecular flexibility index (Phi) is 7.08. The zero-order chi connectivity index (χ0) is 23.4. The van der Waals surface area contributed by atoms with E-state index in [1.165, 1.54) is 30.4 Å². The van der Waals surface area contributed by atoms with Crippen LogP contribution in [0.15, 0.2) is 60.7 Å². The van der Waals surface area contributed by atoms with Crippen LogP contribution in [0.4, 0.5) is 0 Å². The number of nitrogens with one attached hydrogen (secondary N) is 1. The number of amides is 1. The van der Waals surface area contributed by atoms with Gasteiger partial charge in [-0.3, -0.25) is 4.79 Å². The topological polar surface area (TPSA) is 41.6 Å². The van der Waals surface area contributed by atoms with Gasteiger partial charge in [0.25, 0.3) is 0 Å². The zero-order valence-corrected chi connectivity index (χ0v) is 20.7. The average Bonchev–Trinajstić information content (AvgIpc) is 3.61. The van der Waals surface area contributed by atoms with Crippen LogP contribution in [0.3, 0.4) is 0 Å². The highest BCUT2D eigenvalue weighted by atomic mass is 16.5. The smallest absolute Gasteiger partial charge is 0.223 e. The predicted octanol–water partition coefficient (Wildman–Crippen LogP) is 5.15. The predicted molar refractivity (Wildman–Crippen MR) is 137 cm³/mol. The molecule has 1 amide bonds. The van der Waals surface area contributed by atoms with Gasteiger partial charge in [-0.2, -0.15) is 0 Å². The molecule has 1 spiro atoms. The number of benzene rings is 2. The van der Waals surface area contributed by atoms with E-state index in [0.717, 1.165) is 58.7 Å². The molecule has 1 aliphatic carbocycles. The second-order valence-corrected chi connectivity index (χ2v) is 11.0. The summed E-state index contributed by atoms with van der Waals surface area (Å²) in [5.41, 5.74) is 3.05. The summed E-state index contributed by atoms with van der Waals surface area (Å²) in [6, 6.07) is 21.6. The molecule has 34 heavy (non-hydrogen) atoms. The Bertz CT molecular complexity index is 931. The normalized spacial score (nSPS) is 24.4. The van der Waals surface area contributed by atoms with Gasteiger partial charge in [-0.1, -0.05) is 67.6 Å². The van der Waals surface area contributed by atoms with Crippen molar-refractivity contribution in [2.45, 2.75) is 56.8 Å². The lowest BCUT2D eigenvalue weighted by Gasteiger charge is -2.38. The van der Waals surface area contributed by atoms with Gasteiger partial charge in [-0.15, -0.1) is 0 Å². The lowest BCUT2D eigenvalue weighted by molar-refractivity contribution is -0.124. The molecule has 2 aromatic rings. The van der Waals surface area contributed by atoms with Crippen molar-refractivity contribution in [3.8, 4) is 0 Å². The van der Waals surface area contributed by atoms with E-state index in [1.54, 1.807) is 0 Å². The van der Waals surface area contributed by atoms with Crippen LogP contribution >= 0.6 is 0 Å². The van der Waals surface area contributed by atoms with Crippen LogP contribution in [-0.4, -0.2) is 50.2 Å². The van der Waals surface area contributed by atoms with Crippen LogP contribution in [0.25, 0.3) is 0 Å². The molecule has 2 atom stereocenters. The SMILES string of the molecule is CC(CCN1CCC2(CC1)CC2C(=O)NCC1(c2ccccc2)CCOCC1)c1ccccc1. The second kappa shape index (κ2) is 10.2. The van der Waals surface area contributed by atoms with E-state index < -0.39 is 0 Å². The summed E-state index contributed by atoms with van der Waals surface area (Å²) in [6.07, 6.45) is 6.57. The van der Waals surface area contributed by atoms with Crippen molar-refractivity contribution in [1.29, 1.82) is 0 Å². The summed E-state index contributed by atoms with van der Waals surface area (Å²) >= 11 is 0. The zero-order valence-electron chi connectivity index (χ0n) is 20.7. The number of likely N-dealkylation sites (tertiary alicyclic amines) is 1. The number of nitrogens with zero attached hydrogens (tertiary/aromatic N) is 1. The van der Waals surface area contributed by atoms with Crippen molar-refractivity contribution in [2.75, 3.05) is 39.4 Å². The molecule has 4 heteroatoms. The van der Waals surface area contributed by atoms with Crippen LogP contribution in [0, 0.1) is 11.3 Å². The molecule has 2 saturated heterocycles. The molecular weight excluding hydrogens is 420 g/mol. The molecule has 2 aromatic carbocycles. The summed E-state index contributed by atoms with van der Waals surface area (Å²) < 4.78 is 5.66. The van der Waals surface area contributed by atoms with Crippen molar-refractivity contribution in [1.82, 2.24) is 10.2 Å². The van der Waals surface area contributed by atoms with Gasteiger partial charge in [-0.25, -0.2) is 0 Å². The van der Waals surface area contributed by atoms with Gasteiger partial charge in [0.05, 0.1) is 0 Å². The summed E-state index contributed by atoms with van der Waals surface area (Å²) in [4.78, 5) is 15.8. The first-order valence-corrected chi connectivity index (χ1v) is 13.3. The van der Waals surface area contributed by atoms with Gasteiger partial charge in [-0.05, 0) is 80.6 Å². The quantitative estimate of drug-likeness (QED) is 0.593. The third kappa shape index (κ3) is 5.08. The van der Waals surface area contributed by atoms with Gasteiger partial charge in [0.2, 0.25) is 5.91 Å². The summed E-state index contributed by atoms with van der Waals surface area (Å²) in [7, 11) is 0. The highest BCUT2D eigenvalue weighted by Crippen LogP contribution is 2.59. The molecule has 1 saturated carbocycles. The number of piperidine rings is 1. The highest BCUT2D eigenvalue weighted by Gasteiger charge is 2.58. The molecule has 2 unspecified atom stereocenters. The number of carbonyl (C=O) groups is 1. The van der Waals surface area contributed by atoms with Gasteiger partial charge in [0, 0.05) is 31.1 Å². The molecule has 182 valence electrons. The van der Waals surface area contributed by atoms with Crippen LogP contribution in [0.1, 0.15) is 62.5 Å². The van der Waals surface area contributed by atoms with E-state index in [0.29, 0.717) is 5.92 Å². The number of ether oxygens (including phenoxy) is 1. The lowest BCUT2D eigenvalue weighted by Crippen LogP contribution is -2.45. The molecule has 2 aliphatic heterocycles. The van der Waals surface area contributed by atoms with Gasteiger partial charge < -0.3 is 15.0 Å². The fraction of sp³-hybridized carbons (Fsp3) is 0.567. The Morgan fingerprint density at radius 1 is 1.00 bits per heavy atom. The monoisotopic (exact) mass is 460 g/mol. The van der Waals surface area contributed by atoms with Crippen molar-refractivity contribution in [3.63, 3.8) is 0 Å². The number of rotatable bonds is 8. The molecule has 5 rings (SSSR count). The van der Waals surface area contributed by atoms with Crippen LogP contribution in [-0.2, 0) is 14.9 Å². The highest BCUT2D eigenvalue weighted by molar-refractivity contribution is 5.82. The van der Waals surface area contributed by atoms with E-state index in [2.05, 4.69) is 77.8 Å². The Morgan fingerprint density at radius 3 is 2.32 bits per heavy atom. The number of hydrogen-bond donors (Lipinski definition) is 1. The minimum Gasteiger partial charge on any atom is -0.381 e. The molecule has 0 aromatic heterocycles. The standard InChI is InChI=1S/C30H40N2O2/c1-24(25-8-4-2-5-9-25)12-17-32-18-13-29(14-19-32)22-27(29)28(33)31-23-30(15-20-34-21-16-30)26-10-6-3-7-11-26/h2-11,24,27H,12-23H2,1H3,(H,31,33). The van der Waals surface area contributed by atoms with Crippen LogP contribution in [0.2, 0.25) is 0 Å². The van der Waals surface area contributed by atoms with E-state index in [4.69, 9.17) is 4.74 Å². The first kappa shape index (κ1) is 23.6. The molecule has 4 nitrogen and oxygen atoms in total. The maximum absolute atomic E-state index is 13.2. The van der Waals surface area contributed by atoms with Crippen molar-refractivity contribution >= 4 is 5.91 Å². The summed E-state index contributed by atoms with van der Waals surface area (Å²) in [5.74, 6) is 1.09. The van der Waals surface area contributed by atoms with Gasteiger partial charge in [0.1, 0.15) is 0 Å². The summed E-state index contributed by atoms with van der Waals surface area (Å²) in [5, 5.41) is 3.39. The van der Waals surface area contributed by atoms with Crippen molar-refractivity contribution in [2.24, 2.45) is 11.3 Å². The van der Waals surface area contributed by atoms with Crippen LogP contribution in [0.5, 0.6) is 0 Å². The van der Waals surface area contributed by atoms with Crippen LogP contribution < -0.4 is 5.32 Å². The minimum absolute atomic E-state index is 0.00995. The Hall–Kier alpha value is -2.17. The van der Waals surface area contributed by atoms with Crippen molar-refractivity contribution in [3.05, 3.63) is 71.8 Å². The minimum atomic E-state index is 0.00995. The van der Waals surface area contributed by atoms with E-state index >= 15 is 0 Å². The average molecular weight is 461 g/mol. The number of hydrogen-bond acceptors (Lipinski definition) is 3. The number of carbonyl (C=O) groups excluding carboxylic acids is 1. The Morgan fingerprint density at radius 2 is 1.65 bits per heavy atom. The fourth-order valence-corrected chi connectivity index (χ4v) is 6.32. The Balaban J connectivity index is 1.09. The Labute approximate surface area is 205 Å². The van der Waals surface area contributed by atoms with Gasteiger partial charge in [0.15, 0.2) is 0 Å². The molecule has 2 heterocycles. The van der Waals surface area contributed by atoms with Gasteiger partial charge >= 0.3 is 0 Å². The van der Waals surface area contributed by atoms with E-state index in [-0.39, 0.29) is 22.7 Å². The van der Waals surface area contributed by atoms with Crippen molar-refractivity contribution < 1.29 is 9.53 Å². The molecular formula is C30H40N2O2. The maximum Gasteiger partial charge on any atom is 0.223 e. The second-order valence-electron chi connectivity index (χ2n) is 11.0. The molecule has 3 fully saturated rings. The third-order valence-electron chi connectivity index (χ3n) is 9.04. The van der Waals surface area contributed by atoms with E-state index in [9.17, 15) is 4.79 Å². The molecule has 0 bridgehead atoms. The maximum atomic E-state index is 13.2. The third-order valence-corrected chi connectivity index (χ3v) is 9.04. The fourth-order valence-electron chi connectivity index (χ4n) is 6.32. The first-order chi connectivity index (χ1) is 16.6. The van der Waals surface area contributed by atoms with E-state index in [1.807, 2.05) is 0 Å². The largest absolute Gasteiger partial charge is 0.381 e. The lowest BCUT2D eigenvalue weighted by atomic mass is 9.74. The summed E-state index contributed by atoms with van der Waals surface area (Å²) in [6.45, 7) is 8.05. The molecule has 3 aliphatic rings.